The first-order valence-electron chi connectivity index (χ1n) is 4.57. The van der Waals surface area contributed by atoms with Crippen molar-refractivity contribution >= 4 is 23.7 Å². The van der Waals surface area contributed by atoms with Crippen LogP contribution in [0.2, 0.25) is 0 Å². The van der Waals surface area contributed by atoms with Crippen molar-refractivity contribution in [1.29, 1.82) is 0 Å². The average molecular weight is 197 g/mol. The standard InChI is InChI=1S/C7H7NS.2C2H6/c1-3-6-5-9-8-7(6)4-2;2*1-2/h3-5H,1-2H2;2*1-2H3. The third kappa shape index (κ3) is 5.36. The zero-order valence-electron chi connectivity index (χ0n) is 9.00. The van der Waals surface area contributed by atoms with Crippen LogP contribution in [0, 0.1) is 0 Å². The lowest BCUT2D eigenvalue weighted by Gasteiger charge is -1.83. The molecule has 0 bridgehead atoms. The minimum Gasteiger partial charge on any atom is -0.193 e. The van der Waals surface area contributed by atoms with Crippen molar-refractivity contribution < 1.29 is 0 Å². The molecule has 74 valence electrons. The molecule has 0 N–H and O–H groups in total. The highest BCUT2D eigenvalue weighted by Gasteiger charge is 1.94. The molecule has 0 radical (unpaired) electrons. The van der Waals surface area contributed by atoms with Gasteiger partial charge in [0.05, 0.1) is 5.69 Å². The van der Waals surface area contributed by atoms with E-state index < -0.39 is 0 Å². The Morgan fingerprint density at radius 1 is 1.15 bits per heavy atom. The monoisotopic (exact) mass is 197 g/mol. The topological polar surface area (TPSA) is 12.9 Å². The molecule has 0 saturated heterocycles. The van der Waals surface area contributed by atoms with Crippen LogP contribution in [0.4, 0.5) is 0 Å². The smallest absolute Gasteiger partial charge is 0.0834 e. The van der Waals surface area contributed by atoms with Crippen LogP contribution >= 0.6 is 11.5 Å². The molecule has 0 saturated carbocycles. The predicted octanol–water partition coefficient (Wildman–Crippen LogP) is 4.48. The Labute approximate surface area is 86.0 Å². The van der Waals surface area contributed by atoms with E-state index in [1.165, 1.54) is 11.5 Å². The van der Waals surface area contributed by atoms with Crippen molar-refractivity contribution in [2.24, 2.45) is 0 Å². The molecule has 0 atom stereocenters. The van der Waals surface area contributed by atoms with Crippen molar-refractivity contribution in [3.05, 3.63) is 29.8 Å². The summed E-state index contributed by atoms with van der Waals surface area (Å²) in [5, 5.41) is 1.95. The Balaban J connectivity index is 0. The normalized spacial score (nSPS) is 7.08. The van der Waals surface area contributed by atoms with E-state index >= 15 is 0 Å². The maximum absolute atomic E-state index is 4.06. The minimum absolute atomic E-state index is 0.926. The van der Waals surface area contributed by atoms with Crippen LogP contribution in [0.15, 0.2) is 18.5 Å². The van der Waals surface area contributed by atoms with Gasteiger partial charge in [-0.3, -0.25) is 0 Å². The highest BCUT2D eigenvalue weighted by Crippen LogP contribution is 2.11. The van der Waals surface area contributed by atoms with Crippen molar-refractivity contribution in [2.75, 3.05) is 0 Å². The molecule has 1 rings (SSSR count). The van der Waals surface area contributed by atoms with E-state index in [4.69, 9.17) is 0 Å². The number of rotatable bonds is 2. The Bertz CT molecular complexity index is 203. The molecule has 1 aromatic heterocycles. The Morgan fingerprint density at radius 3 is 2.00 bits per heavy atom. The number of hydrogen-bond acceptors (Lipinski definition) is 2. The van der Waals surface area contributed by atoms with Gasteiger partial charge in [0.2, 0.25) is 0 Å². The fourth-order valence-corrected chi connectivity index (χ4v) is 1.24. The van der Waals surface area contributed by atoms with Gasteiger partial charge in [0.15, 0.2) is 0 Å². The van der Waals surface area contributed by atoms with Crippen molar-refractivity contribution in [3.63, 3.8) is 0 Å². The third-order valence-electron chi connectivity index (χ3n) is 1.04. The quantitative estimate of drug-likeness (QED) is 0.681. The molecule has 13 heavy (non-hydrogen) atoms. The molecule has 0 spiro atoms. The van der Waals surface area contributed by atoms with Gasteiger partial charge < -0.3 is 0 Å². The Morgan fingerprint density at radius 2 is 1.69 bits per heavy atom. The lowest BCUT2D eigenvalue weighted by molar-refractivity contribution is 1.50. The molecule has 2 heteroatoms. The van der Waals surface area contributed by atoms with Gasteiger partial charge in [0.25, 0.3) is 0 Å². The number of nitrogens with zero attached hydrogens (tertiary/aromatic N) is 1. The van der Waals surface area contributed by atoms with Crippen LogP contribution in [0.5, 0.6) is 0 Å². The second-order valence-electron chi connectivity index (χ2n) is 1.56. The molecular weight excluding hydrogens is 178 g/mol. The van der Waals surface area contributed by atoms with E-state index in [2.05, 4.69) is 17.5 Å². The summed E-state index contributed by atoms with van der Waals surface area (Å²) in [7, 11) is 0. The van der Waals surface area contributed by atoms with Crippen LogP contribution in [0.1, 0.15) is 39.0 Å². The summed E-state index contributed by atoms with van der Waals surface area (Å²) in [6.45, 7) is 15.2. The SMILES string of the molecule is C=Cc1csnc1C=C.CC.CC. The minimum atomic E-state index is 0.926. The van der Waals surface area contributed by atoms with E-state index in [1.54, 1.807) is 12.2 Å². The summed E-state index contributed by atoms with van der Waals surface area (Å²) in [5.74, 6) is 0. The van der Waals surface area contributed by atoms with Gasteiger partial charge >= 0.3 is 0 Å². The summed E-state index contributed by atoms with van der Waals surface area (Å²) in [6, 6.07) is 0. The maximum atomic E-state index is 4.06. The summed E-state index contributed by atoms with van der Waals surface area (Å²) in [5.41, 5.74) is 1.99. The van der Waals surface area contributed by atoms with Gasteiger partial charge in [-0.05, 0) is 17.6 Å². The molecule has 1 aromatic rings. The lowest BCUT2D eigenvalue weighted by atomic mass is 10.2. The van der Waals surface area contributed by atoms with Gasteiger partial charge in [-0.2, -0.15) is 4.37 Å². The lowest BCUT2D eigenvalue weighted by Crippen LogP contribution is -1.70. The third-order valence-corrected chi connectivity index (χ3v) is 1.70. The van der Waals surface area contributed by atoms with Gasteiger partial charge in [-0.15, -0.1) is 0 Å². The fraction of sp³-hybridized carbons (Fsp3) is 0.364. The largest absolute Gasteiger partial charge is 0.193 e. The van der Waals surface area contributed by atoms with Gasteiger partial charge in [0.1, 0.15) is 0 Å². The predicted molar refractivity (Wildman–Crippen MR) is 65.0 cm³/mol. The van der Waals surface area contributed by atoms with Crippen molar-refractivity contribution in [2.45, 2.75) is 27.7 Å². The first-order chi connectivity index (χ1) is 6.38. The maximum Gasteiger partial charge on any atom is 0.0834 e. The van der Waals surface area contributed by atoms with E-state index in [-0.39, 0.29) is 0 Å². The van der Waals surface area contributed by atoms with Crippen LogP contribution < -0.4 is 0 Å². The second-order valence-corrected chi connectivity index (χ2v) is 2.19. The molecule has 0 unspecified atom stereocenters. The Kier molecular flexibility index (Phi) is 12.5. The molecule has 1 nitrogen and oxygen atoms in total. The number of hydrogen-bond donors (Lipinski definition) is 0. The number of aromatic nitrogens is 1. The molecule has 0 aliphatic heterocycles. The summed E-state index contributed by atoms with van der Waals surface area (Å²) >= 11 is 1.42. The van der Waals surface area contributed by atoms with E-state index in [0.29, 0.717) is 0 Å². The molecule has 0 aliphatic rings. The molecule has 0 amide bonds. The summed E-state index contributed by atoms with van der Waals surface area (Å²) < 4.78 is 4.06. The average Bonchev–Trinajstić information content (AvgIpc) is 2.70. The zero-order valence-corrected chi connectivity index (χ0v) is 9.82. The fourth-order valence-electron chi connectivity index (χ4n) is 0.561. The van der Waals surface area contributed by atoms with Crippen molar-refractivity contribution in [3.8, 4) is 0 Å². The van der Waals surface area contributed by atoms with Crippen LogP contribution in [-0.4, -0.2) is 4.37 Å². The van der Waals surface area contributed by atoms with Crippen LogP contribution in [-0.2, 0) is 0 Å². The second kappa shape index (κ2) is 11.1. The molecule has 0 fully saturated rings. The first-order valence-corrected chi connectivity index (χ1v) is 5.41. The molecule has 0 aromatic carbocycles. The summed E-state index contributed by atoms with van der Waals surface area (Å²) in [6.07, 6.45) is 3.51. The van der Waals surface area contributed by atoms with Gasteiger partial charge in [-0.1, -0.05) is 46.9 Å². The van der Waals surface area contributed by atoms with Gasteiger partial charge in [0, 0.05) is 10.9 Å². The highest BCUT2D eigenvalue weighted by atomic mass is 32.1. The van der Waals surface area contributed by atoms with Crippen LogP contribution in [0.3, 0.4) is 0 Å². The van der Waals surface area contributed by atoms with E-state index in [9.17, 15) is 0 Å². The highest BCUT2D eigenvalue weighted by molar-refractivity contribution is 7.03. The zero-order chi connectivity index (χ0) is 10.7. The van der Waals surface area contributed by atoms with E-state index in [1.807, 2.05) is 33.1 Å². The van der Waals surface area contributed by atoms with Gasteiger partial charge in [-0.25, -0.2) is 0 Å². The molecule has 0 aliphatic carbocycles. The van der Waals surface area contributed by atoms with E-state index in [0.717, 1.165) is 11.3 Å². The summed E-state index contributed by atoms with van der Waals surface area (Å²) in [4.78, 5) is 0. The molecular formula is C11H19NS. The van der Waals surface area contributed by atoms with Crippen LogP contribution in [0.25, 0.3) is 12.2 Å². The Hall–Kier alpha value is -0.890. The van der Waals surface area contributed by atoms with Crippen molar-refractivity contribution in [1.82, 2.24) is 4.37 Å². The first kappa shape index (κ1) is 14.6. The molecule has 1 heterocycles.